The SMILES string of the molecule is C1=C[C@@H]2C[C@@H]1CC21COC(c2ccc3oc4ccccc4c3c2)OC1. The van der Waals surface area contributed by atoms with Gasteiger partial charge in [0.15, 0.2) is 6.29 Å². The fourth-order valence-corrected chi connectivity index (χ4v) is 5.04. The Morgan fingerprint density at radius 1 is 0.880 bits per heavy atom. The van der Waals surface area contributed by atoms with Crippen molar-refractivity contribution in [2.24, 2.45) is 17.3 Å². The quantitative estimate of drug-likeness (QED) is 0.573. The van der Waals surface area contributed by atoms with E-state index in [2.05, 4.69) is 30.4 Å². The van der Waals surface area contributed by atoms with E-state index in [1.165, 1.54) is 12.8 Å². The topological polar surface area (TPSA) is 31.6 Å². The lowest BCUT2D eigenvalue weighted by Gasteiger charge is -2.41. The van der Waals surface area contributed by atoms with Crippen LogP contribution >= 0.6 is 0 Å². The Labute approximate surface area is 146 Å². The van der Waals surface area contributed by atoms with Crippen LogP contribution in [0.5, 0.6) is 0 Å². The molecule has 0 unspecified atom stereocenters. The van der Waals surface area contributed by atoms with Crippen LogP contribution in [0, 0.1) is 17.3 Å². The molecule has 2 atom stereocenters. The molecule has 25 heavy (non-hydrogen) atoms. The van der Waals surface area contributed by atoms with Crippen LogP contribution in [-0.4, -0.2) is 13.2 Å². The normalized spacial score (nSPS) is 33.8. The standard InChI is InChI=1S/C22H20O3/c1-2-4-19-17(3-1)18-10-15(6-8-20(18)25-19)21-23-12-22(13-24-21)11-14-5-7-16(22)9-14/h1-8,10,14,16,21H,9,11-13H2/t14-,16-,21?,22?/m1/s1. The number of furan rings is 1. The summed E-state index contributed by atoms with van der Waals surface area (Å²) in [6.07, 6.45) is 6.98. The molecule has 2 fully saturated rings. The molecule has 1 aromatic heterocycles. The molecule has 3 nitrogen and oxygen atoms in total. The molecule has 0 N–H and O–H groups in total. The first-order valence-electron chi connectivity index (χ1n) is 9.14. The van der Waals surface area contributed by atoms with Crippen LogP contribution in [0.25, 0.3) is 21.9 Å². The van der Waals surface area contributed by atoms with Crippen LogP contribution in [0.2, 0.25) is 0 Å². The second-order valence-electron chi connectivity index (χ2n) is 7.86. The van der Waals surface area contributed by atoms with E-state index in [1.807, 2.05) is 24.3 Å². The zero-order valence-electron chi connectivity index (χ0n) is 14.0. The molecule has 1 saturated heterocycles. The molecule has 2 aromatic carbocycles. The molecule has 2 heterocycles. The number of hydrogen-bond donors (Lipinski definition) is 0. The maximum Gasteiger partial charge on any atom is 0.183 e. The van der Waals surface area contributed by atoms with Crippen molar-refractivity contribution in [2.75, 3.05) is 13.2 Å². The predicted molar refractivity (Wildman–Crippen MR) is 96.2 cm³/mol. The van der Waals surface area contributed by atoms with Gasteiger partial charge in [0.1, 0.15) is 11.2 Å². The van der Waals surface area contributed by atoms with Crippen molar-refractivity contribution < 1.29 is 13.9 Å². The molecular weight excluding hydrogens is 312 g/mol. The van der Waals surface area contributed by atoms with Crippen molar-refractivity contribution in [1.82, 2.24) is 0 Å². The Balaban J connectivity index is 1.31. The first kappa shape index (κ1) is 14.1. The summed E-state index contributed by atoms with van der Waals surface area (Å²) in [6, 6.07) is 14.4. The lowest BCUT2D eigenvalue weighted by Crippen LogP contribution is -2.41. The van der Waals surface area contributed by atoms with Gasteiger partial charge in [-0.2, -0.15) is 0 Å². The smallest absolute Gasteiger partial charge is 0.183 e. The predicted octanol–water partition coefficient (Wildman–Crippen LogP) is 5.21. The summed E-state index contributed by atoms with van der Waals surface area (Å²) in [5, 5.41) is 2.27. The summed E-state index contributed by atoms with van der Waals surface area (Å²) in [5.41, 5.74) is 3.12. The molecule has 0 amide bonds. The van der Waals surface area contributed by atoms with E-state index in [1.54, 1.807) is 0 Å². The lowest BCUT2D eigenvalue weighted by atomic mass is 9.76. The van der Waals surface area contributed by atoms with E-state index in [4.69, 9.17) is 13.9 Å². The summed E-state index contributed by atoms with van der Waals surface area (Å²) < 4.78 is 18.3. The molecule has 2 aliphatic carbocycles. The summed E-state index contributed by atoms with van der Waals surface area (Å²) >= 11 is 0. The minimum Gasteiger partial charge on any atom is -0.456 e. The van der Waals surface area contributed by atoms with Crippen LogP contribution in [0.3, 0.4) is 0 Å². The maximum atomic E-state index is 6.21. The van der Waals surface area contributed by atoms with Crippen molar-refractivity contribution in [3.63, 3.8) is 0 Å². The van der Waals surface area contributed by atoms with Gasteiger partial charge in [0.2, 0.25) is 0 Å². The number of allylic oxidation sites excluding steroid dienone is 2. The van der Waals surface area contributed by atoms with Gasteiger partial charge in [-0.3, -0.25) is 0 Å². The Hall–Kier alpha value is -2.10. The summed E-state index contributed by atoms with van der Waals surface area (Å²) in [4.78, 5) is 0. The van der Waals surface area contributed by atoms with Gasteiger partial charge in [0.25, 0.3) is 0 Å². The zero-order chi connectivity index (χ0) is 16.4. The van der Waals surface area contributed by atoms with Crippen LogP contribution in [0.1, 0.15) is 24.7 Å². The highest BCUT2D eigenvalue weighted by molar-refractivity contribution is 6.04. The van der Waals surface area contributed by atoms with Crippen molar-refractivity contribution in [3.8, 4) is 0 Å². The monoisotopic (exact) mass is 332 g/mol. The molecule has 2 bridgehead atoms. The number of ether oxygens (including phenoxy) is 2. The van der Waals surface area contributed by atoms with E-state index in [0.717, 1.165) is 46.6 Å². The molecule has 3 heteroatoms. The molecule has 1 saturated carbocycles. The Bertz CT molecular complexity index is 991. The fourth-order valence-electron chi connectivity index (χ4n) is 5.04. The van der Waals surface area contributed by atoms with Gasteiger partial charge >= 0.3 is 0 Å². The zero-order valence-corrected chi connectivity index (χ0v) is 14.0. The number of hydrogen-bond acceptors (Lipinski definition) is 3. The maximum absolute atomic E-state index is 6.21. The molecule has 6 rings (SSSR count). The van der Waals surface area contributed by atoms with E-state index >= 15 is 0 Å². The van der Waals surface area contributed by atoms with Gasteiger partial charge in [-0.15, -0.1) is 0 Å². The highest BCUT2D eigenvalue weighted by Crippen LogP contribution is 2.54. The van der Waals surface area contributed by atoms with Crippen LogP contribution in [0.15, 0.2) is 59.0 Å². The number of benzene rings is 2. The van der Waals surface area contributed by atoms with Gasteiger partial charge < -0.3 is 13.9 Å². The number of rotatable bonds is 1. The third-order valence-corrected chi connectivity index (χ3v) is 6.34. The molecule has 1 spiro atoms. The van der Waals surface area contributed by atoms with Gasteiger partial charge in [-0.1, -0.05) is 36.4 Å². The molecule has 126 valence electrons. The summed E-state index contributed by atoms with van der Waals surface area (Å²) in [5.74, 6) is 1.38. The minimum absolute atomic E-state index is 0.211. The van der Waals surface area contributed by atoms with E-state index in [9.17, 15) is 0 Å². The van der Waals surface area contributed by atoms with Gasteiger partial charge in [-0.25, -0.2) is 0 Å². The third kappa shape index (κ3) is 2.00. The average molecular weight is 332 g/mol. The van der Waals surface area contributed by atoms with E-state index in [0.29, 0.717) is 5.92 Å². The number of fused-ring (bicyclic) bond motifs is 6. The fraction of sp³-hybridized carbons (Fsp3) is 0.364. The molecule has 3 aromatic rings. The van der Waals surface area contributed by atoms with Crippen molar-refractivity contribution in [2.45, 2.75) is 19.1 Å². The van der Waals surface area contributed by atoms with Crippen LogP contribution < -0.4 is 0 Å². The van der Waals surface area contributed by atoms with Crippen molar-refractivity contribution >= 4 is 21.9 Å². The first-order valence-corrected chi connectivity index (χ1v) is 9.14. The van der Waals surface area contributed by atoms with Crippen molar-refractivity contribution in [1.29, 1.82) is 0 Å². The van der Waals surface area contributed by atoms with E-state index < -0.39 is 0 Å². The number of para-hydroxylation sites is 1. The second kappa shape index (κ2) is 4.96. The van der Waals surface area contributed by atoms with Gasteiger partial charge in [0, 0.05) is 21.8 Å². The van der Waals surface area contributed by atoms with Crippen LogP contribution in [0.4, 0.5) is 0 Å². The molecule has 1 aliphatic heterocycles. The highest BCUT2D eigenvalue weighted by atomic mass is 16.7. The lowest BCUT2D eigenvalue weighted by molar-refractivity contribution is -0.239. The molecular formula is C22H20O3. The second-order valence-corrected chi connectivity index (χ2v) is 7.86. The third-order valence-electron chi connectivity index (χ3n) is 6.34. The molecule has 3 aliphatic rings. The van der Waals surface area contributed by atoms with Gasteiger partial charge in [-0.05, 0) is 42.9 Å². The Morgan fingerprint density at radius 2 is 1.72 bits per heavy atom. The van der Waals surface area contributed by atoms with Crippen LogP contribution in [-0.2, 0) is 9.47 Å². The minimum atomic E-state index is -0.271. The van der Waals surface area contributed by atoms with Crippen molar-refractivity contribution in [3.05, 3.63) is 60.2 Å². The highest BCUT2D eigenvalue weighted by Gasteiger charge is 2.51. The van der Waals surface area contributed by atoms with E-state index in [-0.39, 0.29) is 11.7 Å². The summed E-state index contributed by atoms with van der Waals surface area (Å²) in [7, 11) is 0. The first-order chi connectivity index (χ1) is 12.3. The molecule has 0 radical (unpaired) electrons. The summed E-state index contributed by atoms with van der Waals surface area (Å²) in [6.45, 7) is 1.60. The Kier molecular flexibility index (Phi) is 2.80. The Morgan fingerprint density at radius 3 is 2.52 bits per heavy atom. The average Bonchev–Trinajstić information content (AvgIpc) is 3.34. The largest absolute Gasteiger partial charge is 0.456 e. The van der Waals surface area contributed by atoms with Gasteiger partial charge in [0.05, 0.1) is 13.2 Å².